The lowest BCUT2D eigenvalue weighted by Gasteiger charge is -2.44. The number of aliphatic hydroxyl groups is 1. The Morgan fingerprint density at radius 1 is 1.20 bits per heavy atom. The zero-order chi connectivity index (χ0) is 7.03. The van der Waals surface area contributed by atoms with Crippen LogP contribution in [-0.4, -0.2) is 30.2 Å². The van der Waals surface area contributed by atoms with E-state index in [0.717, 1.165) is 12.8 Å². The average Bonchev–Trinajstić information content (AvgIpc) is 1.86. The lowest BCUT2D eigenvalue weighted by molar-refractivity contribution is -0.323. The molecule has 0 aromatic carbocycles. The third-order valence-electron chi connectivity index (χ3n) is 2.19. The van der Waals surface area contributed by atoms with Crippen LogP contribution in [0.3, 0.4) is 0 Å². The van der Waals surface area contributed by atoms with Crippen molar-refractivity contribution in [2.24, 2.45) is 0 Å². The molecule has 0 aromatic rings. The first-order valence-electron chi connectivity index (χ1n) is 3.77. The van der Waals surface area contributed by atoms with Crippen molar-refractivity contribution in [1.29, 1.82) is 0 Å². The van der Waals surface area contributed by atoms with Gasteiger partial charge in [-0.2, -0.15) is 0 Å². The molecule has 0 radical (unpaired) electrons. The number of aliphatic hydroxyl groups excluding tert-OH is 1. The van der Waals surface area contributed by atoms with E-state index in [2.05, 4.69) is 0 Å². The van der Waals surface area contributed by atoms with E-state index in [1.165, 1.54) is 6.42 Å². The molecular formula is C7H12O3. The quantitative estimate of drug-likeness (QED) is 0.530. The molecule has 1 aliphatic heterocycles. The molecule has 2 aliphatic rings. The van der Waals surface area contributed by atoms with Crippen LogP contribution in [0.4, 0.5) is 0 Å². The third-order valence-corrected chi connectivity index (χ3v) is 2.19. The largest absolute Gasteiger partial charge is 0.388 e. The van der Waals surface area contributed by atoms with Gasteiger partial charge in [-0.25, -0.2) is 0 Å². The normalized spacial score (nSPS) is 32.1. The molecule has 1 heterocycles. The first-order chi connectivity index (χ1) is 4.81. The first-order valence-corrected chi connectivity index (χ1v) is 3.77. The summed E-state index contributed by atoms with van der Waals surface area (Å²) >= 11 is 0. The Kier molecular flexibility index (Phi) is 1.44. The Morgan fingerprint density at radius 2 is 1.80 bits per heavy atom. The van der Waals surface area contributed by atoms with Gasteiger partial charge in [0.15, 0.2) is 5.79 Å². The number of rotatable bonds is 0. The molecule has 0 aromatic heterocycles. The van der Waals surface area contributed by atoms with Gasteiger partial charge >= 0.3 is 0 Å². The van der Waals surface area contributed by atoms with Crippen LogP contribution >= 0.6 is 0 Å². The molecule has 1 spiro atoms. The van der Waals surface area contributed by atoms with Crippen molar-refractivity contribution in [2.45, 2.75) is 31.2 Å². The molecule has 3 nitrogen and oxygen atoms in total. The van der Waals surface area contributed by atoms with Crippen molar-refractivity contribution in [3.8, 4) is 0 Å². The highest BCUT2D eigenvalue weighted by molar-refractivity contribution is 4.83. The predicted molar refractivity (Wildman–Crippen MR) is 34.5 cm³/mol. The van der Waals surface area contributed by atoms with E-state index in [4.69, 9.17) is 14.6 Å². The molecule has 0 bridgehead atoms. The summed E-state index contributed by atoms with van der Waals surface area (Å²) in [4.78, 5) is 0. The third kappa shape index (κ3) is 0.944. The van der Waals surface area contributed by atoms with E-state index in [9.17, 15) is 0 Å². The van der Waals surface area contributed by atoms with Crippen LogP contribution in [0, 0.1) is 0 Å². The molecular weight excluding hydrogens is 132 g/mol. The molecule has 58 valence electrons. The zero-order valence-corrected chi connectivity index (χ0v) is 5.88. The molecule has 0 unspecified atom stereocenters. The van der Waals surface area contributed by atoms with Gasteiger partial charge < -0.3 is 14.6 Å². The van der Waals surface area contributed by atoms with E-state index in [1.807, 2.05) is 0 Å². The SMILES string of the molecule is OC1COC2(CCC2)OC1. The van der Waals surface area contributed by atoms with Crippen molar-refractivity contribution in [2.75, 3.05) is 13.2 Å². The smallest absolute Gasteiger partial charge is 0.168 e. The molecule has 1 saturated heterocycles. The minimum atomic E-state index is -0.411. The summed E-state index contributed by atoms with van der Waals surface area (Å²) < 4.78 is 10.7. The monoisotopic (exact) mass is 144 g/mol. The molecule has 10 heavy (non-hydrogen) atoms. The fourth-order valence-electron chi connectivity index (χ4n) is 1.34. The minimum absolute atomic E-state index is 0.279. The molecule has 3 heteroatoms. The van der Waals surface area contributed by atoms with E-state index in [1.54, 1.807) is 0 Å². The van der Waals surface area contributed by atoms with Gasteiger partial charge in [0.25, 0.3) is 0 Å². The topological polar surface area (TPSA) is 38.7 Å². The second-order valence-electron chi connectivity index (χ2n) is 3.04. The van der Waals surface area contributed by atoms with Gasteiger partial charge in [-0.1, -0.05) is 0 Å². The van der Waals surface area contributed by atoms with Crippen molar-refractivity contribution in [3.05, 3.63) is 0 Å². The van der Waals surface area contributed by atoms with Crippen molar-refractivity contribution in [1.82, 2.24) is 0 Å². The molecule has 0 amide bonds. The second kappa shape index (κ2) is 2.19. The van der Waals surface area contributed by atoms with Crippen molar-refractivity contribution in [3.63, 3.8) is 0 Å². The summed E-state index contributed by atoms with van der Waals surface area (Å²) in [5, 5.41) is 9.01. The van der Waals surface area contributed by atoms with Crippen molar-refractivity contribution < 1.29 is 14.6 Å². The number of hydrogen-bond donors (Lipinski definition) is 1. The number of ether oxygens (including phenoxy) is 2. The summed E-state index contributed by atoms with van der Waals surface area (Å²) in [6.07, 6.45) is 2.78. The Labute approximate surface area is 59.9 Å². The predicted octanol–water partition coefficient (Wildman–Crippen LogP) is 0.274. The molecule has 1 saturated carbocycles. The molecule has 2 fully saturated rings. The maximum Gasteiger partial charge on any atom is 0.168 e. The van der Waals surface area contributed by atoms with Crippen LogP contribution in [0.1, 0.15) is 19.3 Å². The molecule has 2 rings (SSSR count). The summed E-state index contributed by atoms with van der Waals surface area (Å²) in [5.74, 6) is -0.279. The van der Waals surface area contributed by atoms with E-state index < -0.39 is 6.10 Å². The lowest BCUT2D eigenvalue weighted by Crippen LogP contribution is -2.50. The fourth-order valence-corrected chi connectivity index (χ4v) is 1.34. The Hall–Kier alpha value is -0.120. The molecule has 0 atom stereocenters. The molecule has 1 aliphatic carbocycles. The fraction of sp³-hybridized carbons (Fsp3) is 1.00. The Morgan fingerprint density at radius 3 is 2.20 bits per heavy atom. The summed E-state index contributed by atoms with van der Waals surface area (Å²) in [6, 6.07) is 0. The van der Waals surface area contributed by atoms with Crippen LogP contribution in [0.2, 0.25) is 0 Å². The highest BCUT2D eigenvalue weighted by atomic mass is 16.7. The van der Waals surface area contributed by atoms with Gasteiger partial charge in [-0.15, -0.1) is 0 Å². The Balaban J connectivity index is 1.90. The van der Waals surface area contributed by atoms with E-state index >= 15 is 0 Å². The standard InChI is InChI=1S/C7H12O3/c8-6-4-9-7(10-5-6)2-1-3-7/h6,8H,1-5H2. The lowest BCUT2D eigenvalue weighted by atomic mass is 9.90. The van der Waals surface area contributed by atoms with Crippen LogP contribution < -0.4 is 0 Å². The summed E-state index contributed by atoms with van der Waals surface area (Å²) in [7, 11) is 0. The van der Waals surface area contributed by atoms with Crippen LogP contribution in [-0.2, 0) is 9.47 Å². The van der Waals surface area contributed by atoms with Crippen LogP contribution in [0.15, 0.2) is 0 Å². The summed E-state index contributed by atoms with van der Waals surface area (Å²) in [6.45, 7) is 0.889. The van der Waals surface area contributed by atoms with Crippen LogP contribution in [0.5, 0.6) is 0 Å². The van der Waals surface area contributed by atoms with Crippen molar-refractivity contribution >= 4 is 0 Å². The maximum atomic E-state index is 9.01. The van der Waals surface area contributed by atoms with Gasteiger partial charge in [-0.3, -0.25) is 0 Å². The van der Waals surface area contributed by atoms with Gasteiger partial charge in [0.05, 0.1) is 13.2 Å². The van der Waals surface area contributed by atoms with Gasteiger partial charge in [0, 0.05) is 12.8 Å². The molecule has 1 N–H and O–H groups in total. The average molecular weight is 144 g/mol. The number of hydrogen-bond acceptors (Lipinski definition) is 3. The maximum absolute atomic E-state index is 9.01. The van der Waals surface area contributed by atoms with Gasteiger partial charge in [0.2, 0.25) is 0 Å². The van der Waals surface area contributed by atoms with Crippen LogP contribution in [0.25, 0.3) is 0 Å². The van der Waals surface area contributed by atoms with Gasteiger partial charge in [0.1, 0.15) is 6.10 Å². The highest BCUT2D eigenvalue weighted by Crippen LogP contribution is 2.38. The summed E-state index contributed by atoms with van der Waals surface area (Å²) in [5.41, 5.74) is 0. The van der Waals surface area contributed by atoms with E-state index in [0.29, 0.717) is 13.2 Å². The second-order valence-corrected chi connectivity index (χ2v) is 3.04. The first kappa shape index (κ1) is 6.58. The van der Waals surface area contributed by atoms with Gasteiger partial charge in [-0.05, 0) is 6.42 Å². The minimum Gasteiger partial charge on any atom is -0.388 e. The van der Waals surface area contributed by atoms with E-state index in [-0.39, 0.29) is 5.79 Å². The Bertz CT molecular complexity index is 121. The zero-order valence-electron chi connectivity index (χ0n) is 5.88. The highest BCUT2D eigenvalue weighted by Gasteiger charge is 2.42.